The van der Waals surface area contributed by atoms with E-state index in [2.05, 4.69) is 10.0 Å². The minimum atomic E-state index is -3.83. The van der Waals surface area contributed by atoms with Gasteiger partial charge in [-0.2, -0.15) is 0 Å². The van der Waals surface area contributed by atoms with E-state index < -0.39 is 22.2 Å². The summed E-state index contributed by atoms with van der Waals surface area (Å²) < 4.78 is 45.6. The summed E-state index contributed by atoms with van der Waals surface area (Å²) in [5.41, 5.74) is 1.23. The Labute approximate surface area is 199 Å². The van der Waals surface area contributed by atoms with Gasteiger partial charge in [-0.1, -0.05) is 13.0 Å². The number of benzene rings is 2. The van der Waals surface area contributed by atoms with Gasteiger partial charge in [0.15, 0.2) is 0 Å². The van der Waals surface area contributed by atoms with Crippen LogP contribution in [0.4, 0.5) is 5.69 Å². The van der Waals surface area contributed by atoms with Gasteiger partial charge in [0.25, 0.3) is 10.0 Å². The molecule has 10 heteroatoms. The smallest absolute Gasteiger partial charge is 0.262 e. The molecule has 0 saturated carbocycles. The quantitative estimate of drug-likeness (QED) is 0.493. The second-order valence-electron chi connectivity index (χ2n) is 8.49. The molecule has 2 aliphatic heterocycles. The minimum absolute atomic E-state index is 0.0889. The van der Waals surface area contributed by atoms with E-state index >= 15 is 0 Å². The molecule has 2 heterocycles. The summed E-state index contributed by atoms with van der Waals surface area (Å²) in [7, 11) is -2.36. The summed E-state index contributed by atoms with van der Waals surface area (Å²) in [6.07, 6.45) is 0.211. The third kappa shape index (κ3) is 5.13. The number of rotatable bonds is 9. The van der Waals surface area contributed by atoms with E-state index in [0.717, 1.165) is 12.0 Å². The molecule has 0 aliphatic carbocycles. The molecule has 0 spiro atoms. The highest BCUT2D eigenvalue weighted by atomic mass is 32.2. The number of carbonyl (C=O) groups is 1. The molecule has 1 amide bonds. The Hall–Kier alpha value is -2.82. The number of fused-ring (bicyclic) bond motifs is 3. The first-order valence-electron chi connectivity index (χ1n) is 11.3. The minimum Gasteiger partial charge on any atom is -0.497 e. The second kappa shape index (κ2) is 10.2. The highest BCUT2D eigenvalue weighted by Crippen LogP contribution is 2.47. The van der Waals surface area contributed by atoms with Crippen molar-refractivity contribution in [3.63, 3.8) is 0 Å². The fourth-order valence-corrected chi connectivity index (χ4v) is 5.56. The van der Waals surface area contributed by atoms with Crippen LogP contribution in [-0.4, -0.2) is 58.0 Å². The SMILES string of the molecule is CCCNC(=O)C[C@@H]1C[C@H]2c3cc(NS(=O)(=O)c4cccc(OC)c4)ccc3O[C@H]2[C@@H](CO)O1. The summed E-state index contributed by atoms with van der Waals surface area (Å²) >= 11 is 0. The van der Waals surface area contributed by atoms with E-state index in [-0.39, 0.29) is 35.9 Å². The van der Waals surface area contributed by atoms with Crippen molar-refractivity contribution in [2.45, 2.75) is 55.3 Å². The zero-order valence-electron chi connectivity index (χ0n) is 19.2. The fourth-order valence-electron chi connectivity index (χ4n) is 4.48. The van der Waals surface area contributed by atoms with Crippen LogP contribution in [0.25, 0.3) is 0 Å². The monoisotopic (exact) mass is 490 g/mol. The van der Waals surface area contributed by atoms with Crippen LogP contribution in [0.2, 0.25) is 0 Å². The third-order valence-electron chi connectivity index (χ3n) is 6.09. The van der Waals surface area contributed by atoms with Crippen molar-refractivity contribution < 1.29 is 32.5 Å². The van der Waals surface area contributed by atoms with Gasteiger partial charge in [0.1, 0.15) is 23.7 Å². The molecule has 2 aromatic rings. The maximum absolute atomic E-state index is 12.9. The highest BCUT2D eigenvalue weighted by Gasteiger charge is 2.46. The lowest BCUT2D eigenvalue weighted by Crippen LogP contribution is -2.47. The average Bonchev–Trinajstić information content (AvgIpc) is 3.20. The van der Waals surface area contributed by atoms with Gasteiger partial charge in [-0.25, -0.2) is 8.42 Å². The molecule has 2 aliphatic rings. The van der Waals surface area contributed by atoms with Gasteiger partial charge in [-0.05, 0) is 43.2 Å². The Morgan fingerprint density at radius 2 is 2.06 bits per heavy atom. The fraction of sp³-hybridized carbons (Fsp3) is 0.458. The van der Waals surface area contributed by atoms with E-state index in [1.807, 2.05) is 6.92 Å². The first-order chi connectivity index (χ1) is 16.3. The lowest BCUT2D eigenvalue weighted by Gasteiger charge is -2.37. The number of anilines is 1. The molecule has 2 aromatic carbocycles. The van der Waals surface area contributed by atoms with Gasteiger partial charge >= 0.3 is 0 Å². The number of ether oxygens (including phenoxy) is 3. The van der Waals surface area contributed by atoms with Crippen LogP contribution in [0.1, 0.15) is 37.7 Å². The van der Waals surface area contributed by atoms with Crippen LogP contribution < -0.4 is 19.5 Å². The van der Waals surface area contributed by atoms with E-state index in [9.17, 15) is 18.3 Å². The van der Waals surface area contributed by atoms with Crippen molar-refractivity contribution in [1.29, 1.82) is 0 Å². The van der Waals surface area contributed by atoms with Crippen LogP contribution in [-0.2, 0) is 19.6 Å². The van der Waals surface area contributed by atoms with Crippen molar-refractivity contribution in [2.75, 3.05) is 25.0 Å². The molecule has 1 saturated heterocycles. The number of nitrogens with one attached hydrogen (secondary N) is 2. The van der Waals surface area contributed by atoms with Gasteiger partial charge in [-0.15, -0.1) is 0 Å². The first-order valence-corrected chi connectivity index (χ1v) is 12.8. The molecule has 184 valence electrons. The predicted molar refractivity (Wildman–Crippen MR) is 126 cm³/mol. The van der Waals surface area contributed by atoms with Crippen LogP contribution in [0, 0.1) is 0 Å². The predicted octanol–water partition coefficient (Wildman–Crippen LogP) is 2.41. The summed E-state index contributed by atoms with van der Waals surface area (Å²) in [6, 6.07) is 11.3. The second-order valence-corrected chi connectivity index (χ2v) is 10.2. The number of aliphatic hydroxyl groups is 1. The average molecular weight is 491 g/mol. The topological polar surface area (TPSA) is 123 Å². The molecule has 1 fully saturated rings. The van der Waals surface area contributed by atoms with Crippen molar-refractivity contribution in [2.24, 2.45) is 0 Å². The van der Waals surface area contributed by atoms with Gasteiger partial charge in [0.05, 0.1) is 31.1 Å². The van der Waals surface area contributed by atoms with E-state index in [1.54, 1.807) is 30.3 Å². The van der Waals surface area contributed by atoms with Gasteiger partial charge in [-0.3, -0.25) is 9.52 Å². The Bertz CT molecular complexity index is 1140. The summed E-state index contributed by atoms with van der Waals surface area (Å²) in [5, 5.41) is 12.7. The Morgan fingerprint density at radius 3 is 2.79 bits per heavy atom. The number of methoxy groups -OCH3 is 1. The molecule has 0 aromatic heterocycles. The summed E-state index contributed by atoms with van der Waals surface area (Å²) in [4.78, 5) is 12.3. The van der Waals surface area contributed by atoms with E-state index in [0.29, 0.717) is 30.2 Å². The molecule has 0 bridgehead atoms. The highest BCUT2D eigenvalue weighted by molar-refractivity contribution is 7.92. The van der Waals surface area contributed by atoms with Crippen LogP contribution in [0.15, 0.2) is 47.4 Å². The van der Waals surface area contributed by atoms with Gasteiger partial charge < -0.3 is 24.6 Å². The molecule has 9 nitrogen and oxygen atoms in total. The van der Waals surface area contributed by atoms with Crippen molar-refractivity contribution in [1.82, 2.24) is 5.32 Å². The van der Waals surface area contributed by atoms with Crippen LogP contribution >= 0.6 is 0 Å². The summed E-state index contributed by atoms with van der Waals surface area (Å²) in [6.45, 7) is 2.35. The largest absolute Gasteiger partial charge is 0.497 e. The normalized spacial score (nSPS) is 23.4. The van der Waals surface area contributed by atoms with Crippen LogP contribution in [0.3, 0.4) is 0 Å². The van der Waals surface area contributed by atoms with Gasteiger partial charge in [0.2, 0.25) is 5.91 Å². The third-order valence-corrected chi connectivity index (χ3v) is 7.47. The number of aliphatic hydroxyl groups excluding tert-OH is 1. The first kappa shape index (κ1) is 24.3. The molecule has 3 N–H and O–H groups in total. The number of hydrogen-bond acceptors (Lipinski definition) is 7. The van der Waals surface area contributed by atoms with Gasteiger partial charge in [0, 0.05) is 29.8 Å². The summed E-state index contributed by atoms with van der Waals surface area (Å²) in [5.74, 6) is 0.837. The molecule has 4 atom stereocenters. The Morgan fingerprint density at radius 1 is 1.24 bits per heavy atom. The number of amides is 1. The molecular weight excluding hydrogens is 460 g/mol. The van der Waals surface area contributed by atoms with Crippen molar-refractivity contribution >= 4 is 21.6 Å². The standard InChI is InChI=1S/C24H30N2O7S/c1-3-9-25-23(28)13-17-12-20-19-10-15(7-8-21(19)33-24(20)22(14-27)32-17)26-34(29,30)18-6-4-5-16(11-18)31-2/h4-8,10-11,17,20,22,24,26-27H,3,9,12-14H2,1-2H3,(H,25,28)/t17-,20-,22+,24+/m0/s1. The zero-order chi connectivity index (χ0) is 24.3. The zero-order valence-corrected chi connectivity index (χ0v) is 20.0. The maximum Gasteiger partial charge on any atom is 0.262 e. The molecule has 34 heavy (non-hydrogen) atoms. The molecule has 4 rings (SSSR count). The lowest BCUT2D eigenvalue weighted by molar-refractivity contribution is -0.142. The Kier molecular flexibility index (Phi) is 7.30. The number of carbonyl (C=O) groups excluding carboxylic acids is 1. The van der Waals surface area contributed by atoms with Crippen molar-refractivity contribution in [3.8, 4) is 11.5 Å². The lowest BCUT2D eigenvalue weighted by atomic mass is 9.84. The molecule has 0 unspecified atom stereocenters. The van der Waals surface area contributed by atoms with Crippen molar-refractivity contribution in [3.05, 3.63) is 48.0 Å². The molecular formula is C24H30N2O7S. The van der Waals surface area contributed by atoms with E-state index in [4.69, 9.17) is 14.2 Å². The number of sulfonamides is 1. The molecule has 0 radical (unpaired) electrons. The maximum atomic E-state index is 12.9. The Balaban J connectivity index is 1.54. The van der Waals surface area contributed by atoms with Crippen LogP contribution in [0.5, 0.6) is 11.5 Å². The van der Waals surface area contributed by atoms with E-state index in [1.165, 1.54) is 19.2 Å². The number of hydrogen-bond donors (Lipinski definition) is 3.